The molecule has 0 spiro atoms. The van der Waals surface area contributed by atoms with Crippen LogP contribution in [0.15, 0.2) is 0 Å². The Morgan fingerprint density at radius 2 is 1.88 bits per heavy atom. The molecule has 0 aliphatic carbocycles. The normalized spacial score (nSPS) is 18.8. The number of hydrogen-bond acceptors (Lipinski definition) is 1. The smallest absolute Gasteiger partial charge is 0.0180 e. The maximum Gasteiger partial charge on any atom is 0.0180 e. The molecule has 0 aliphatic rings. The molecule has 0 saturated heterocycles. The fourth-order valence-electron chi connectivity index (χ4n) is 0.354. The minimum Gasteiger partial charge on any atom is -0.325 e. The maximum absolute atomic E-state index is 5.82. The summed E-state index contributed by atoms with van der Waals surface area (Å²) in [7, 11) is 0. The van der Waals surface area contributed by atoms with Gasteiger partial charge >= 0.3 is 0 Å². The summed E-state index contributed by atoms with van der Waals surface area (Å²) >= 11 is 0. The van der Waals surface area contributed by atoms with E-state index < -0.39 is 0 Å². The first-order chi connectivity index (χ1) is 3.50. The standard InChI is InChI=1S/C7H16N/c1-5-7(4,8)6(2)3/h5,8H2,1-4H3. The molecule has 1 heteroatoms. The van der Waals surface area contributed by atoms with Crippen molar-refractivity contribution in [3.63, 3.8) is 0 Å². The molecule has 8 heavy (non-hydrogen) atoms. The van der Waals surface area contributed by atoms with E-state index in [0.29, 0.717) is 0 Å². The molecule has 1 atom stereocenters. The summed E-state index contributed by atoms with van der Waals surface area (Å²) in [4.78, 5) is 0. The van der Waals surface area contributed by atoms with Gasteiger partial charge in [-0.15, -0.1) is 0 Å². The van der Waals surface area contributed by atoms with E-state index in [2.05, 4.69) is 27.7 Å². The van der Waals surface area contributed by atoms with Gasteiger partial charge in [0.25, 0.3) is 0 Å². The number of hydrogen-bond donors (Lipinski definition) is 1. The van der Waals surface area contributed by atoms with Crippen molar-refractivity contribution in [2.75, 3.05) is 0 Å². The molecule has 0 bridgehead atoms. The molecular weight excluding hydrogens is 98.1 g/mol. The Bertz CT molecular complexity index is 64.8. The zero-order valence-electron chi connectivity index (χ0n) is 6.28. The molecule has 0 amide bonds. The van der Waals surface area contributed by atoms with Gasteiger partial charge in [0, 0.05) is 5.54 Å². The Kier molecular flexibility index (Phi) is 2.48. The second-order valence-corrected chi connectivity index (χ2v) is 2.77. The van der Waals surface area contributed by atoms with Crippen molar-refractivity contribution in [1.82, 2.24) is 0 Å². The van der Waals surface area contributed by atoms with Crippen LogP contribution in [-0.4, -0.2) is 5.54 Å². The van der Waals surface area contributed by atoms with Gasteiger partial charge in [-0.05, 0) is 19.3 Å². The Hall–Kier alpha value is -0.0400. The first-order valence-electron chi connectivity index (χ1n) is 3.10. The van der Waals surface area contributed by atoms with Crippen LogP contribution in [0.1, 0.15) is 34.1 Å². The average Bonchev–Trinajstić information content (AvgIpc) is 1.67. The van der Waals surface area contributed by atoms with Gasteiger partial charge in [0.15, 0.2) is 0 Å². The molecule has 0 saturated carbocycles. The summed E-state index contributed by atoms with van der Waals surface area (Å²) in [6.45, 7) is 8.31. The summed E-state index contributed by atoms with van der Waals surface area (Å²) in [5.41, 5.74) is 5.78. The Morgan fingerprint density at radius 1 is 1.50 bits per heavy atom. The highest BCUT2D eigenvalue weighted by Crippen LogP contribution is 2.17. The first-order valence-corrected chi connectivity index (χ1v) is 3.10. The Labute approximate surface area is 52.3 Å². The fraction of sp³-hybridized carbons (Fsp3) is 0.857. The van der Waals surface area contributed by atoms with Gasteiger partial charge in [-0.25, -0.2) is 0 Å². The van der Waals surface area contributed by atoms with Crippen LogP contribution in [-0.2, 0) is 0 Å². The highest BCUT2D eigenvalue weighted by molar-refractivity contribution is 5.01. The lowest BCUT2D eigenvalue weighted by Crippen LogP contribution is -2.39. The molecule has 0 aliphatic heterocycles. The molecule has 0 aromatic heterocycles. The van der Waals surface area contributed by atoms with Gasteiger partial charge in [0.1, 0.15) is 0 Å². The third-order valence-electron chi connectivity index (χ3n) is 1.88. The molecule has 0 rings (SSSR count). The molecule has 0 heterocycles. The van der Waals surface area contributed by atoms with E-state index in [1.165, 1.54) is 5.92 Å². The minimum absolute atomic E-state index is 0.0417. The summed E-state index contributed by atoms with van der Waals surface area (Å²) < 4.78 is 0. The highest BCUT2D eigenvalue weighted by atomic mass is 14.7. The lowest BCUT2D eigenvalue weighted by atomic mass is 9.87. The summed E-state index contributed by atoms with van der Waals surface area (Å²) in [6.07, 6.45) is 1.02. The van der Waals surface area contributed by atoms with Crippen molar-refractivity contribution in [3.05, 3.63) is 5.92 Å². The zero-order valence-corrected chi connectivity index (χ0v) is 6.28. The van der Waals surface area contributed by atoms with E-state index in [-0.39, 0.29) is 5.54 Å². The zero-order chi connectivity index (χ0) is 6.78. The molecular formula is C7H16N. The Morgan fingerprint density at radius 3 is 1.88 bits per heavy atom. The van der Waals surface area contributed by atoms with Gasteiger partial charge in [-0.3, -0.25) is 0 Å². The molecule has 0 aromatic carbocycles. The predicted molar refractivity (Wildman–Crippen MR) is 37.5 cm³/mol. The summed E-state index contributed by atoms with van der Waals surface area (Å²) in [6, 6.07) is 0. The minimum atomic E-state index is -0.0417. The summed E-state index contributed by atoms with van der Waals surface area (Å²) in [5, 5.41) is 0. The van der Waals surface area contributed by atoms with E-state index in [1.807, 2.05) is 0 Å². The molecule has 0 fully saturated rings. The third kappa shape index (κ3) is 1.83. The van der Waals surface area contributed by atoms with E-state index in [1.54, 1.807) is 0 Å². The third-order valence-corrected chi connectivity index (χ3v) is 1.88. The molecule has 2 N–H and O–H groups in total. The maximum atomic E-state index is 5.82. The molecule has 1 radical (unpaired) electrons. The van der Waals surface area contributed by atoms with E-state index in [4.69, 9.17) is 5.73 Å². The average molecular weight is 114 g/mol. The van der Waals surface area contributed by atoms with Crippen molar-refractivity contribution in [2.24, 2.45) is 5.73 Å². The van der Waals surface area contributed by atoms with Gasteiger partial charge in [0.2, 0.25) is 0 Å². The van der Waals surface area contributed by atoms with Crippen LogP contribution in [0, 0.1) is 5.92 Å². The van der Waals surface area contributed by atoms with Crippen LogP contribution in [0.2, 0.25) is 0 Å². The molecule has 1 unspecified atom stereocenters. The van der Waals surface area contributed by atoms with Gasteiger partial charge in [-0.1, -0.05) is 20.8 Å². The van der Waals surface area contributed by atoms with Crippen LogP contribution in [0.5, 0.6) is 0 Å². The fourth-order valence-corrected chi connectivity index (χ4v) is 0.354. The topological polar surface area (TPSA) is 26.0 Å². The van der Waals surface area contributed by atoms with Crippen LogP contribution in [0.4, 0.5) is 0 Å². The van der Waals surface area contributed by atoms with Gasteiger partial charge < -0.3 is 5.73 Å². The van der Waals surface area contributed by atoms with Crippen molar-refractivity contribution >= 4 is 0 Å². The van der Waals surface area contributed by atoms with Crippen molar-refractivity contribution in [3.8, 4) is 0 Å². The van der Waals surface area contributed by atoms with E-state index in [9.17, 15) is 0 Å². The van der Waals surface area contributed by atoms with Crippen molar-refractivity contribution in [1.29, 1.82) is 0 Å². The quantitative estimate of drug-likeness (QED) is 0.581. The van der Waals surface area contributed by atoms with Crippen LogP contribution in [0.3, 0.4) is 0 Å². The van der Waals surface area contributed by atoms with Crippen LogP contribution < -0.4 is 5.73 Å². The molecule has 0 aromatic rings. The lowest BCUT2D eigenvalue weighted by Gasteiger charge is -2.26. The van der Waals surface area contributed by atoms with Gasteiger partial charge in [-0.2, -0.15) is 0 Å². The van der Waals surface area contributed by atoms with Crippen molar-refractivity contribution < 1.29 is 0 Å². The summed E-state index contributed by atoms with van der Waals surface area (Å²) in [5.74, 6) is 1.31. The second kappa shape index (κ2) is 2.49. The van der Waals surface area contributed by atoms with E-state index >= 15 is 0 Å². The largest absolute Gasteiger partial charge is 0.325 e. The second-order valence-electron chi connectivity index (χ2n) is 2.77. The van der Waals surface area contributed by atoms with E-state index in [0.717, 1.165) is 6.42 Å². The highest BCUT2D eigenvalue weighted by Gasteiger charge is 2.19. The number of rotatable bonds is 2. The predicted octanol–water partition coefficient (Wildman–Crippen LogP) is 1.73. The number of nitrogens with two attached hydrogens (primary N) is 1. The van der Waals surface area contributed by atoms with Gasteiger partial charge in [0.05, 0.1) is 0 Å². The monoisotopic (exact) mass is 114 g/mol. The first kappa shape index (κ1) is 7.96. The molecule has 1 nitrogen and oxygen atoms in total. The van der Waals surface area contributed by atoms with Crippen molar-refractivity contribution in [2.45, 2.75) is 39.7 Å². The van der Waals surface area contributed by atoms with Crippen LogP contribution >= 0.6 is 0 Å². The van der Waals surface area contributed by atoms with Crippen LogP contribution in [0.25, 0.3) is 0 Å². The SMILES string of the molecule is CCC(C)(N)[C](C)C. The Balaban J connectivity index is 3.71. The lowest BCUT2D eigenvalue weighted by molar-refractivity contribution is 0.473. The molecule has 49 valence electrons.